The van der Waals surface area contributed by atoms with E-state index in [-0.39, 0.29) is 18.8 Å². The van der Waals surface area contributed by atoms with E-state index in [1.807, 2.05) is 38.1 Å². The van der Waals surface area contributed by atoms with E-state index in [1.165, 1.54) is 4.31 Å². The second-order valence-corrected chi connectivity index (χ2v) is 10.4. The van der Waals surface area contributed by atoms with E-state index in [1.54, 1.807) is 31.2 Å². The number of hydrogen-bond acceptors (Lipinski definition) is 5. The summed E-state index contributed by atoms with van der Waals surface area (Å²) in [6.45, 7) is 6.00. The number of sulfonamides is 1. The van der Waals surface area contributed by atoms with Crippen LogP contribution in [0.3, 0.4) is 0 Å². The van der Waals surface area contributed by atoms with E-state index < -0.39 is 33.9 Å². The molecule has 1 aliphatic heterocycles. The van der Waals surface area contributed by atoms with Gasteiger partial charge in [0, 0.05) is 24.3 Å². The van der Waals surface area contributed by atoms with Crippen LogP contribution in [0.1, 0.15) is 42.6 Å². The van der Waals surface area contributed by atoms with Gasteiger partial charge in [0.1, 0.15) is 0 Å². The zero-order chi connectivity index (χ0) is 23.3. The lowest BCUT2D eigenvalue weighted by Gasteiger charge is -2.30. The first-order chi connectivity index (χ1) is 15.2. The van der Waals surface area contributed by atoms with Crippen LogP contribution < -0.4 is 5.32 Å². The zero-order valence-corrected chi connectivity index (χ0v) is 19.5. The quantitative estimate of drug-likeness (QED) is 0.640. The van der Waals surface area contributed by atoms with Gasteiger partial charge in [-0.3, -0.25) is 9.59 Å². The zero-order valence-electron chi connectivity index (χ0n) is 18.7. The van der Waals surface area contributed by atoms with E-state index >= 15 is 0 Å². The lowest BCUT2D eigenvalue weighted by molar-refractivity contribution is -0.160. The van der Waals surface area contributed by atoms with Gasteiger partial charge in [-0.25, -0.2) is 12.7 Å². The first kappa shape index (κ1) is 23.9. The second-order valence-electron chi connectivity index (χ2n) is 8.11. The Bertz CT molecular complexity index is 1060. The Kier molecular flexibility index (Phi) is 7.69. The predicted octanol–water partition coefficient (Wildman–Crippen LogP) is 3.59. The van der Waals surface area contributed by atoms with Crippen LogP contribution >= 0.6 is 0 Å². The SMILES string of the molecule is CCS(=O)(=O)N1CCC(C(=O)OC(C(=O)Nc2cc(C)ccc2C)c2ccccc2)CC1. The molecule has 1 unspecified atom stereocenters. The third-order valence-corrected chi connectivity index (χ3v) is 7.65. The number of benzene rings is 2. The fourth-order valence-corrected chi connectivity index (χ4v) is 4.87. The Labute approximate surface area is 189 Å². The number of anilines is 1. The van der Waals surface area contributed by atoms with Crippen molar-refractivity contribution in [2.45, 2.75) is 39.7 Å². The van der Waals surface area contributed by atoms with Gasteiger partial charge in [-0.15, -0.1) is 0 Å². The molecule has 1 N–H and O–H groups in total. The smallest absolute Gasteiger partial charge is 0.310 e. The molecule has 0 radical (unpaired) electrons. The second kappa shape index (κ2) is 10.3. The number of rotatable bonds is 7. The third-order valence-electron chi connectivity index (χ3n) is 5.77. The summed E-state index contributed by atoms with van der Waals surface area (Å²) in [4.78, 5) is 26.1. The van der Waals surface area contributed by atoms with Crippen LogP contribution in [0.2, 0.25) is 0 Å². The number of carbonyl (C=O) groups is 2. The molecule has 1 amide bonds. The van der Waals surface area contributed by atoms with Gasteiger partial charge >= 0.3 is 5.97 Å². The largest absolute Gasteiger partial charge is 0.447 e. The Morgan fingerprint density at radius 1 is 1.09 bits per heavy atom. The van der Waals surface area contributed by atoms with Gasteiger partial charge in [0.25, 0.3) is 5.91 Å². The molecule has 0 aromatic heterocycles. The van der Waals surface area contributed by atoms with Crippen LogP contribution in [0.25, 0.3) is 0 Å². The molecule has 7 nitrogen and oxygen atoms in total. The van der Waals surface area contributed by atoms with Crippen LogP contribution in [0.15, 0.2) is 48.5 Å². The Hall–Kier alpha value is -2.71. The van der Waals surface area contributed by atoms with Crippen molar-refractivity contribution in [1.29, 1.82) is 0 Å². The predicted molar refractivity (Wildman–Crippen MR) is 124 cm³/mol. The molecule has 172 valence electrons. The maximum Gasteiger partial charge on any atom is 0.310 e. The highest BCUT2D eigenvalue weighted by molar-refractivity contribution is 7.89. The highest BCUT2D eigenvalue weighted by atomic mass is 32.2. The van der Waals surface area contributed by atoms with Crippen molar-refractivity contribution in [2.75, 3.05) is 24.2 Å². The number of esters is 1. The number of aryl methyl sites for hydroxylation is 2. The molecule has 1 heterocycles. The molecule has 0 spiro atoms. The normalized spacial score (nSPS) is 16.3. The van der Waals surface area contributed by atoms with E-state index in [2.05, 4.69) is 5.32 Å². The average molecular weight is 459 g/mol. The third kappa shape index (κ3) is 5.75. The van der Waals surface area contributed by atoms with Crippen molar-refractivity contribution in [3.05, 3.63) is 65.2 Å². The van der Waals surface area contributed by atoms with E-state index in [0.29, 0.717) is 24.1 Å². The first-order valence-electron chi connectivity index (χ1n) is 10.8. The summed E-state index contributed by atoms with van der Waals surface area (Å²) >= 11 is 0. The fraction of sp³-hybridized carbons (Fsp3) is 0.417. The standard InChI is InChI=1S/C24H30N2O5S/c1-4-32(29,30)26-14-12-20(13-15-26)24(28)31-22(19-8-6-5-7-9-19)23(27)25-21-16-17(2)10-11-18(21)3/h5-11,16,20,22H,4,12-15H2,1-3H3,(H,25,27). The maximum atomic E-state index is 13.1. The molecule has 2 aromatic rings. The topological polar surface area (TPSA) is 92.8 Å². The Morgan fingerprint density at radius 2 is 1.75 bits per heavy atom. The highest BCUT2D eigenvalue weighted by Crippen LogP contribution is 2.27. The highest BCUT2D eigenvalue weighted by Gasteiger charge is 2.34. The van der Waals surface area contributed by atoms with Crippen LogP contribution in [0, 0.1) is 19.8 Å². The van der Waals surface area contributed by atoms with Gasteiger partial charge in [0.15, 0.2) is 0 Å². The molecule has 3 rings (SSSR count). The molecule has 1 atom stereocenters. The van der Waals surface area contributed by atoms with Crippen molar-refractivity contribution in [3.63, 3.8) is 0 Å². The number of carbonyl (C=O) groups excluding carboxylic acids is 2. The summed E-state index contributed by atoms with van der Waals surface area (Å²) in [5.74, 6) is -1.32. The Morgan fingerprint density at radius 3 is 2.38 bits per heavy atom. The number of ether oxygens (including phenoxy) is 1. The van der Waals surface area contributed by atoms with Gasteiger partial charge in [0.2, 0.25) is 16.1 Å². The van der Waals surface area contributed by atoms with Crippen LogP contribution in [-0.4, -0.2) is 43.4 Å². The van der Waals surface area contributed by atoms with Gasteiger partial charge in [-0.05, 0) is 50.8 Å². The molecular formula is C24H30N2O5S. The van der Waals surface area contributed by atoms with Gasteiger partial charge in [0.05, 0.1) is 11.7 Å². The summed E-state index contributed by atoms with van der Waals surface area (Å²) in [5, 5.41) is 2.89. The first-order valence-corrected chi connectivity index (χ1v) is 12.4. The average Bonchev–Trinajstić information content (AvgIpc) is 2.80. The number of hydrogen-bond donors (Lipinski definition) is 1. The fourth-order valence-electron chi connectivity index (χ4n) is 3.73. The van der Waals surface area contributed by atoms with Crippen molar-refractivity contribution in [1.82, 2.24) is 4.31 Å². The van der Waals surface area contributed by atoms with Crippen molar-refractivity contribution in [2.24, 2.45) is 5.92 Å². The molecule has 1 fully saturated rings. The molecule has 0 saturated carbocycles. The molecule has 2 aromatic carbocycles. The number of nitrogens with zero attached hydrogens (tertiary/aromatic N) is 1. The van der Waals surface area contributed by atoms with Gasteiger partial charge in [-0.1, -0.05) is 42.5 Å². The minimum atomic E-state index is -3.27. The van der Waals surface area contributed by atoms with Crippen LogP contribution in [-0.2, 0) is 24.3 Å². The van der Waals surface area contributed by atoms with Gasteiger partial charge in [-0.2, -0.15) is 0 Å². The number of piperidine rings is 1. The summed E-state index contributed by atoms with van der Waals surface area (Å²) in [6, 6.07) is 14.7. The molecule has 1 aliphatic rings. The minimum absolute atomic E-state index is 0.0384. The van der Waals surface area contributed by atoms with E-state index in [0.717, 1.165) is 11.1 Å². The molecular weight excluding hydrogens is 428 g/mol. The van der Waals surface area contributed by atoms with E-state index in [4.69, 9.17) is 4.74 Å². The van der Waals surface area contributed by atoms with Crippen LogP contribution in [0.5, 0.6) is 0 Å². The minimum Gasteiger partial charge on any atom is -0.447 e. The summed E-state index contributed by atoms with van der Waals surface area (Å²) in [5.41, 5.74) is 3.17. The van der Waals surface area contributed by atoms with Crippen molar-refractivity contribution < 1.29 is 22.7 Å². The summed E-state index contributed by atoms with van der Waals surface area (Å²) in [6.07, 6.45) is -0.350. The molecule has 32 heavy (non-hydrogen) atoms. The molecule has 8 heteroatoms. The maximum absolute atomic E-state index is 13.1. The monoisotopic (exact) mass is 458 g/mol. The van der Waals surface area contributed by atoms with Gasteiger partial charge < -0.3 is 10.1 Å². The number of nitrogens with one attached hydrogen (secondary N) is 1. The summed E-state index contributed by atoms with van der Waals surface area (Å²) in [7, 11) is -3.27. The summed E-state index contributed by atoms with van der Waals surface area (Å²) < 4.78 is 31.3. The Balaban J connectivity index is 1.73. The molecule has 0 bridgehead atoms. The molecule has 1 saturated heterocycles. The molecule has 0 aliphatic carbocycles. The van der Waals surface area contributed by atoms with Crippen molar-refractivity contribution in [3.8, 4) is 0 Å². The van der Waals surface area contributed by atoms with Crippen molar-refractivity contribution >= 4 is 27.6 Å². The lowest BCUT2D eigenvalue weighted by Crippen LogP contribution is -2.41. The lowest BCUT2D eigenvalue weighted by atomic mass is 9.98. The van der Waals surface area contributed by atoms with E-state index in [9.17, 15) is 18.0 Å². The van der Waals surface area contributed by atoms with Crippen LogP contribution in [0.4, 0.5) is 5.69 Å². The number of amides is 1.